The molecule has 470 valence electrons. The standard InChI is InChI=1S/C36H24.C26H16.C24H16.5C2H6/c1-21-6-10-23(11-7-21)27-18-19-31-28-4-3-5-29-32(24-12-8-22(2)9-13-24)20-26-15-14-25-16-17-30(27)36(31)33(25)34(26)35(28)29;1-13-11-17-5-3-16-8-10-20-14(2)12-18-6-4-15-7-9-19(13)25-21(15)24(18)26(20)22(16)23(17)25;1-13-6-10-20-19-5-3-4-17-14(2)12-16-8-7-15-9-11-18(13)24(20)21(15)22(16)23(17)19;5*1-2/h3-20H,1-2H3;3-12H,1-2H3;3-12H,1-2H3;5*1-2H3. The van der Waals surface area contributed by atoms with E-state index in [2.05, 4.69) is 272 Å². The molecule has 0 fully saturated rings. The van der Waals surface area contributed by atoms with Gasteiger partial charge < -0.3 is 0 Å². The summed E-state index contributed by atoms with van der Waals surface area (Å²) in [5.41, 5.74) is 13.2. The molecule has 21 aromatic carbocycles. The summed E-state index contributed by atoms with van der Waals surface area (Å²) >= 11 is 0. The van der Waals surface area contributed by atoms with Gasteiger partial charge in [-0.05, 0) is 264 Å². The molecule has 0 spiro atoms. The zero-order valence-electron chi connectivity index (χ0n) is 58.9. The summed E-state index contributed by atoms with van der Waals surface area (Å²) in [5.74, 6) is 0. The van der Waals surface area contributed by atoms with E-state index in [-0.39, 0.29) is 0 Å². The number of rotatable bonds is 2. The van der Waals surface area contributed by atoms with Crippen molar-refractivity contribution in [2.75, 3.05) is 0 Å². The smallest absolute Gasteiger partial charge is 0.00112 e. The summed E-state index contributed by atoms with van der Waals surface area (Å²) in [5, 5.41) is 44.5. The molecule has 0 bridgehead atoms. The van der Waals surface area contributed by atoms with Crippen molar-refractivity contribution in [2.24, 2.45) is 0 Å². The van der Waals surface area contributed by atoms with E-state index >= 15 is 0 Å². The molecule has 21 rings (SSSR count). The summed E-state index contributed by atoms with van der Waals surface area (Å²) in [6, 6.07) is 87.1. The quantitative estimate of drug-likeness (QED) is 0.120. The van der Waals surface area contributed by atoms with Crippen LogP contribution in [-0.2, 0) is 0 Å². The molecule has 0 N–H and O–H groups in total. The molecule has 0 nitrogen and oxygen atoms in total. The van der Waals surface area contributed by atoms with Gasteiger partial charge in [-0.3, -0.25) is 0 Å². The van der Waals surface area contributed by atoms with Gasteiger partial charge in [0.15, 0.2) is 0 Å². The first-order valence-corrected chi connectivity index (χ1v) is 35.5. The van der Waals surface area contributed by atoms with Crippen LogP contribution in [0.4, 0.5) is 0 Å². The maximum absolute atomic E-state index is 2.40. The zero-order valence-corrected chi connectivity index (χ0v) is 58.9. The Hall–Kier alpha value is -10.4. The molecular formula is C96H86. The van der Waals surface area contributed by atoms with E-state index in [1.165, 1.54) is 228 Å². The molecule has 21 aromatic rings. The number of hydrogen-bond acceptors (Lipinski definition) is 0. The molecule has 0 atom stereocenters. The highest BCUT2D eigenvalue weighted by atomic mass is 14.3. The summed E-state index contributed by atoms with van der Waals surface area (Å²) in [6.07, 6.45) is 0. The van der Waals surface area contributed by atoms with Crippen LogP contribution in [0.2, 0.25) is 0 Å². The van der Waals surface area contributed by atoms with Crippen molar-refractivity contribution in [1.82, 2.24) is 0 Å². The number of aryl methyl sites for hydroxylation is 6. The maximum Gasteiger partial charge on any atom is -0.00112 e. The van der Waals surface area contributed by atoms with Gasteiger partial charge in [0.05, 0.1) is 0 Å². The summed E-state index contributed by atoms with van der Waals surface area (Å²) in [4.78, 5) is 0. The highest BCUT2D eigenvalue weighted by molar-refractivity contribution is 6.46. The van der Waals surface area contributed by atoms with Crippen molar-refractivity contribution in [3.63, 3.8) is 0 Å². The minimum Gasteiger partial charge on any atom is -0.0683 e. The lowest BCUT2D eigenvalue weighted by Crippen LogP contribution is -1.94. The SMILES string of the molecule is CC.CC.CC.CC.CC.Cc1cc2ccc3ccc4c(C)cc5ccc6ccc1c1c6c5c4c3c21.Cc1ccc(-c2ccc3c4cccc5c(-c6ccc(C)cc6)cc6ccc7ccc2c3c7c6c54)cc1.Cc1ccc2c3cccc4c(C)cc5ccc6ccc1c2c6c5c43. The van der Waals surface area contributed by atoms with Crippen LogP contribution < -0.4 is 0 Å². The number of benzene rings is 21. The molecule has 0 heteroatoms. The molecule has 0 radical (unpaired) electrons. The van der Waals surface area contributed by atoms with Crippen LogP contribution in [-0.4, -0.2) is 0 Å². The number of fused-ring (bicyclic) bond motifs is 2. The minimum atomic E-state index is 1.28. The third-order valence-electron chi connectivity index (χ3n) is 20.5. The largest absolute Gasteiger partial charge is 0.0683 e. The van der Waals surface area contributed by atoms with Gasteiger partial charge in [-0.2, -0.15) is 0 Å². The van der Waals surface area contributed by atoms with E-state index in [1.54, 1.807) is 0 Å². The second-order valence-corrected chi connectivity index (χ2v) is 25.3. The van der Waals surface area contributed by atoms with Gasteiger partial charge in [-0.25, -0.2) is 0 Å². The van der Waals surface area contributed by atoms with Crippen LogP contribution in [0.3, 0.4) is 0 Å². The Balaban J connectivity index is 0.000000118. The highest BCUT2D eigenvalue weighted by Gasteiger charge is 2.24. The average molecular weight is 1240 g/mol. The molecule has 0 aliphatic heterocycles. The molecule has 0 saturated heterocycles. The first-order chi connectivity index (χ1) is 47.1. The van der Waals surface area contributed by atoms with Crippen molar-refractivity contribution < 1.29 is 0 Å². The second kappa shape index (κ2) is 25.1. The van der Waals surface area contributed by atoms with E-state index < -0.39 is 0 Å². The van der Waals surface area contributed by atoms with Gasteiger partial charge in [-0.1, -0.05) is 305 Å². The second-order valence-electron chi connectivity index (χ2n) is 25.3. The Morgan fingerprint density at radius 3 is 0.833 bits per heavy atom. The Morgan fingerprint density at radius 1 is 0.156 bits per heavy atom. The maximum atomic E-state index is 2.40. The summed E-state index contributed by atoms with van der Waals surface area (Å²) < 4.78 is 0. The molecule has 0 amide bonds. The monoisotopic (exact) mass is 1240 g/mol. The van der Waals surface area contributed by atoms with Crippen molar-refractivity contribution in [1.29, 1.82) is 0 Å². The van der Waals surface area contributed by atoms with Gasteiger partial charge >= 0.3 is 0 Å². The van der Waals surface area contributed by atoms with Crippen LogP contribution in [0.25, 0.3) is 195 Å². The Labute approximate surface area is 565 Å². The Morgan fingerprint density at radius 2 is 0.406 bits per heavy atom. The molecule has 0 unspecified atom stereocenters. The average Bonchev–Trinajstić information content (AvgIpc) is 0.705. The van der Waals surface area contributed by atoms with E-state index in [0.29, 0.717) is 0 Å². The van der Waals surface area contributed by atoms with Crippen molar-refractivity contribution in [3.8, 4) is 22.3 Å². The lowest BCUT2D eigenvalue weighted by atomic mass is 9.81. The molecular weight excluding hydrogens is 1150 g/mol. The van der Waals surface area contributed by atoms with Crippen molar-refractivity contribution in [2.45, 2.75) is 111 Å². The van der Waals surface area contributed by atoms with E-state index in [9.17, 15) is 0 Å². The van der Waals surface area contributed by atoms with E-state index in [1.807, 2.05) is 69.2 Å². The fourth-order valence-electron chi connectivity index (χ4n) is 16.5. The predicted octanol–water partition coefficient (Wildman–Crippen LogP) is 29.9. The van der Waals surface area contributed by atoms with Crippen LogP contribution in [0.15, 0.2) is 231 Å². The number of hydrogen-bond donors (Lipinski definition) is 0. The molecule has 0 aliphatic carbocycles. The molecule has 0 aromatic heterocycles. The van der Waals surface area contributed by atoms with Crippen LogP contribution in [0.1, 0.15) is 103 Å². The topological polar surface area (TPSA) is 0 Å². The third-order valence-corrected chi connectivity index (χ3v) is 20.5. The predicted molar refractivity (Wildman–Crippen MR) is 434 cm³/mol. The van der Waals surface area contributed by atoms with Crippen LogP contribution in [0.5, 0.6) is 0 Å². The zero-order chi connectivity index (χ0) is 67.1. The Kier molecular flexibility index (Phi) is 16.5. The summed E-state index contributed by atoms with van der Waals surface area (Å²) in [7, 11) is 0. The van der Waals surface area contributed by atoms with Gasteiger partial charge in [0.25, 0.3) is 0 Å². The fourth-order valence-corrected chi connectivity index (χ4v) is 16.5. The summed E-state index contributed by atoms with van der Waals surface area (Å²) in [6.45, 7) is 33.2. The van der Waals surface area contributed by atoms with Crippen molar-refractivity contribution in [3.05, 3.63) is 264 Å². The van der Waals surface area contributed by atoms with Gasteiger partial charge in [-0.15, -0.1) is 0 Å². The molecule has 0 heterocycles. The van der Waals surface area contributed by atoms with E-state index in [0.717, 1.165) is 0 Å². The lowest BCUT2D eigenvalue weighted by molar-refractivity contribution is 1.47. The lowest BCUT2D eigenvalue weighted by Gasteiger charge is -2.22. The molecule has 96 heavy (non-hydrogen) atoms. The van der Waals surface area contributed by atoms with Gasteiger partial charge in [0, 0.05) is 0 Å². The normalized spacial score (nSPS) is 11.5. The van der Waals surface area contributed by atoms with Crippen LogP contribution >= 0.6 is 0 Å². The highest BCUT2D eigenvalue weighted by Crippen LogP contribution is 2.52. The van der Waals surface area contributed by atoms with Crippen LogP contribution in [0, 0.1) is 41.5 Å². The third kappa shape index (κ3) is 9.30. The van der Waals surface area contributed by atoms with Gasteiger partial charge in [0.1, 0.15) is 0 Å². The fraction of sp³-hybridized carbons (Fsp3) is 0.167. The first kappa shape index (κ1) is 63.0. The van der Waals surface area contributed by atoms with Crippen molar-refractivity contribution >= 4 is 172 Å². The minimum absolute atomic E-state index is 1.28. The molecule has 0 saturated carbocycles. The Bertz CT molecular complexity index is 6140. The van der Waals surface area contributed by atoms with Gasteiger partial charge in [0.2, 0.25) is 0 Å². The van der Waals surface area contributed by atoms with E-state index in [4.69, 9.17) is 0 Å². The molecule has 0 aliphatic rings. The first-order valence-electron chi connectivity index (χ1n) is 35.5.